The van der Waals surface area contributed by atoms with Crippen molar-refractivity contribution in [3.05, 3.63) is 36.1 Å². The molecule has 0 fully saturated rings. The molecule has 0 aliphatic heterocycles. The molecule has 0 atom stereocenters. The molecule has 3 aromatic rings. The molecular formula is C14H13N3O2S2. The number of aromatic nitrogens is 2. The van der Waals surface area contributed by atoms with Crippen LogP contribution < -0.4 is 4.90 Å². The molecule has 0 bridgehead atoms. The van der Waals surface area contributed by atoms with Crippen LogP contribution in [-0.2, 0) is 0 Å². The number of thioether (sulfide) groups is 1. The Morgan fingerprint density at radius 2 is 2.14 bits per heavy atom. The number of ketones is 1. The highest BCUT2D eigenvalue weighted by molar-refractivity contribution is 8.01. The summed E-state index contributed by atoms with van der Waals surface area (Å²) in [7, 11) is 3.82. The number of benzene rings is 1. The van der Waals surface area contributed by atoms with Gasteiger partial charge in [0.1, 0.15) is 5.58 Å². The average molecular weight is 319 g/mol. The van der Waals surface area contributed by atoms with Crippen LogP contribution in [0.2, 0.25) is 0 Å². The van der Waals surface area contributed by atoms with Gasteiger partial charge in [0.2, 0.25) is 10.9 Å². The van der Waals surface area contributed by atoms with Crippen molar-refractivity contribution in [1.29, 1.82) is 0 Å². The molecule has 0 radical (unpaired) electrons. The molecule has 1 aromatic carbocycles. The van der Waals surface area contributed by atoms with E-state index in [-0.39, 0.29) is 5.78 Å². The van der Waals surface area contributed by atoms with Crippen LogP contribution in [0.25, 0.3) is 11.0 Å². The lowest BCUT2D eigenvalue weighted by Gasteiger charge is -2.03. The zero-order chi connectivity index (χ0) is 14.8. The van der Waals surface area contributed by atoms with E-state index in [9.17, 15) is 4.79 Å². The van der Waals surface area contributed by atoms with Gasteiger partial charge in [-0.2, -0.15) is 0 Å². The minimum Gasteiger partial charge on any atom is -0.453 e. The molecule has 0 unspecified atom stereocenters. The number of para-hydroxylation sites is 1. The molecule has 3 rings (SSSR count). The second kappa shape index (κ2) is 5.87. The Kier molecular flexibility index (Phi) is 3.94. The minimum atomic E-state index is -0.0437. The predicted octanol–water partition coefficient (Wildman–Crippen LogP) is 3.33. The topological polar surface area (TPSA) is 59.2 Å². The Labute approximate surface area is 130 Å². The van der Waals surface area contributed by atoms with Crippen molar-refractivity contribution in [3.63, 3.8) is 0 Å². The number of fused-ring (bicyclic) bond motifs is 1. The van der Waals surface area contributed by atoms with Gasteiger partial charge in [0.25, 0.3) is 0 Å². The van der Waals surface area contributed by atoms with Gasteiger partial charge in [-0.25, -0.2) is 0 Å². The molecule has 0 aliphatic rings. The normalized spacial score (nSPS) is 11.0. The van der Waals surface area contributed by atoms with Crippen molar-refractivity contribution >= 4 is 45.0 Å². The molecule has 0 saturated carbocycles. The van der Waals surface area contributed by atoms with Crippen LogP contribution in [0.1, 0.15) is 10.6 Å². The molecule has 0 spiro atoms. The fourth-order valence-corrected chi connectivity index (χ4v) is 3.39. The van der Waals surface area contributed by atoms with E-state index >= 15 is 0 Å². The summed E-state index contributed by atoms with van der Waals surface area (Å²) in [5.74, 6) is 0.640. The SMILES string of the molecule is CN(C)c1nnc(SCC(=O)c2cc3ccccc3o2)s1. The van der Waals surface area contributed by atoms with Crippen LogP contribution in [0.15, 0.2) is 39.1 Å². The smallest absolute Gasteiger partial charge is 0.208 e. The first kappa shape index (κ1) is 14.1. The number of furan rings is 1. The van der Waals surface area contributed by atoms with Crippen LogP contribution in [-0.4, -0.2) is 35.8 Å². The van der Waals surface area contributed by atoms with E-state index < -0.39 is 0 Å². The van der Waals surface area contributed by atoms with Crippen molar-refractivity contribution in [2.75, 3.05) is 24.7 Å². The van der Waals surface area contributed by atoms with E-state index in [0.29, 0.717) is 11.5 Å². The van der Waals surface area contributed by atoms with Crippen molar-refractivity contribution in [3.8, 4) is 0 Å². The Bertz CT molecular complexity index is 746. The Morgan fingerprint density at radius 3 is 2.86 bits per heavy atom. The molecule has 2 heterocycles. The summed E-state index contributed by atoms with van der Waals surface area (Å²) < 4.78 is 6.34. The summed E-state index contributed by atoms with van der Waals surface area (Å²) >= 11 is 2.85. The highest BCUT2D eigenvalue weighted by Crippen LogP contribution is 2.28. The Morgan fingerprint density at radius 1 is 1.33 bits per heavy atom. The van der Waals surface area contributed by atoms with E-state index in [0.717, 1.165) is 20.4 Å². The largest absolute Gasteiger partial charge is 0.453 e. The molecule has 7 heteroatoms. The molecule has 2 aromatic heterocycles. The van der Waals surface area contributed by atoms with Crippen molar-refractivity contribution in [2.24, 2.45) is 0 Å². The first-order valence-electron chi connectivity index (χ1n) is 6.29. The molecular weight excluding hydrogens is 306 g/mol. The molecule has 5 nitrogen and oxygen atoms in total. The van der Waals surface area contributed by atoms with E-state index in [2.05, 4.69) is 10.2 Å². The number of nitrogens with zero attached hydrogens (tertiary/aromatic N) is 3. The molecule has 21 heavy (non-hydrogen) atoms. The molecule has 0 aliphatic carbocycles. The van der Waals surface area contributed by atoms with Crippen molar-refractivity contribution in [2.45, 2.75) is 4.34 Å². The quantitative estimate of drug-likeness (QED) is 0.531. The first-order valence-corrected chi connectivity index (χ1v) is 8.09. The average Bonchev–Trinajstić information content (AvgIpc) is 3.11. The van der Waals surface area contributed by atoms with Crippen LogP contribution in [0, 0.1) is 0 Å². The van der Waals surface area contributed by atoms with E-state index in [4.69, 9.17) is 4.42 Å². The van der Waals surface area contributed by atoms with E-state index in [1.165, 1.54) is 23.1 Å². The van der Waals surface area contributed by atoms with Gasteiger partial charge in [0.15, 0.2) is 10.1 Å². The van der Waals surface area contributed by atoms with Gasteiger partial charge in [-0.1, -0.05) is 41.3 Å². The third-order valence-corrected chi connectivity index (χ3v) is 5.03. The number of hydrogen-bond donors (Lipinski definition) is 0. The maximum absolute atomic E-state index is 12.2. The van der Waals surface area contributed by atoms with Crippen molar-refractivity contribution < 1.29 is 9.21 Å². The molecule has 0 amide bonds. The summed E-state index contributed by atoms with van der Waals surface area (Å²) in [5.41, 5.74) is 0.733. The Hall–Kier alpha value is -1.86. The lowest BCUT2D eigenvalue weighted by atomic mass is 10.2. The second-order valence-corrected chi connectivity index (χ2v) is 6.78. The number of carbonyl (C=O) groups excluding carboxylic acids is 1. The highest BCUT2D eigenvalue weighted by Gasteiger charge is 2.14. The fraction of sp³-hybridized carbons (Fsp3) is 0.214. The lowest BCUT2D eigenvalue weighted by molar-refractivity contribution is 0.0994. The number of carbonyl (C=O) groups is 1. The van der Waals surface area contributed by atoms with Gasteiger partial charge in [0.05, 0.1) is 5.75 Å². The minimum absolute atomic E-state index is 0.0437. The van der Waals surface area contributed by atoms with Crippen molar-refractivity contribution in [1.82, 2.24) is 10.2 Å². The van der Waals surface area contributed by atoms with E-state index in [1.54, 1.807) is 6.07 Å². The maximum Gasteiger partial charge on any atom is 0.208 e. The monoisotopic (exact) mass is 319 g/mol. The summed E-state index contributed by atoms with van der Waals surface area (Å²) in [6, 6.07) is 9.37. The number of rotatable bonds is 5. The van der Waals surface area contributed by atoms with E-state index in [1.807, 2.05) is 43.3 Å². The standard InChI is InChI=1S/C14H13N3O2S2/c1-17(2)13-15-16-14(21-13)20-8-10(18)12-7-9-5-3-4-6-11(9)19-12/h3-7H,8H2,1-2H3. The fourth-order valence-electron chi connectivity index (χ4n) is 1.76. The second-order valence-electron chi connectivity index (χ2n) is 4.61. The first-order chi connectivity index (χ1) is 10.1. The maximum atomic E-state index is 12.2. The summed E-state index contributed by atoms with van der Waals surface area (Å²) in [6.07, 6.45) is 0. The van der Waals surface area contributed by atoms with Gasteiger partial charge in [-0.3, -0.25) is 4.79 Å². The Balaban J connectivity index is 1.68. The summed E-state index contributed by atoms with van der Waals surface area (Å²) in [4.78, 5) is 14.1. The third kappa shape index (κ3) is 3.08. The third-order valence-electron chi connectivity index (χ3n) is 2.81. The zero-order valence-electron chi connectivity index (χ0n) is 11.6. The van der Waals surface area contributed by atoms with Crippen LogP contribution in [0.5, 0.6) is 0 Å². The van der Waals surface area contributed by atoms with Crippen LogP contribution in [0.3, 0.4) is 0 Å². The zero-order valence-corrected chi connectivity index (χ0v) is 13.2. The molecule has 0 N–H and O–H groups in total. The van der Waals surface area contributed by atoms with Gasteiger partial charge >= 0.3 is 0 Å². The van der Waals surface area contributed by atoms with Crippen LogP contribution >= 0.6 is 23.1 Å². The molecule has 108 valence electrons. The number of anilines is 1. The number of hydrogen-bond acceptors (Lipinski definition) is 7. The van der Waals surface area contributed by atoms with Gasteiger partial charge in [-0.15, -0.1) is 10.2 Å². The summed E-state index contributed by atoms with van der Waals surface area (Å²) in [5, 5.41) is 9.86. The predicted molar refractivity (Wildman–Crippen MR) is 85.5 cm³/mol. The van der Waals surface area contributed by atoms with Gasteiger partial charge < -0.3 is 9.32 Å². The van der Waals surface area contributed by atoms with Gasteiger partial charge in [-0.05, 0) is 12.1 Å². The molecule has 0 saturated heterocycles. The lowest BCUT2D eigenvalue weighted by Crippen LogP contribution is -2.07. The summed E-state index contributed by atoms with van der Waals surface area (Å²) in [6.45, 7) is 0. The van der Waals surface area contributed by atoms with Crippen LogP contribution in [0.4, 0.5) is 5.13 Å². The number of Topliss-reactive ketones (excluding diaryl/α,β-unsaturated/α-hetero) is 1. The highest BCUT2D eigenvalue weighted by atomic mass is 32.2. The van der Waals surface area contributed by atoms with Gasteiger partial charge in [0, 0.05) is 19.5 Å².